The summed E-state index contributed by atoms with van der Waals surface area (Å²) >= 11 is 7.30. The first-order valence-corrected chi connectivity index (χ1v) is 7.57. The van der Waals surface area contributed by atoms with Gasteiger partial charge in [-0.15, -0.1) is 10.2 Å². The highest BCUT2D eigenvalue weighted by atomic mass is 35.5. The van der Waals surface area contributed by atoms with Crippen LogP contribution in [0.15, 0.2) is 29.4 Å². The molecule has 6 nitrogen and oxygen atoms in total. The van der Waals surface area contributed by atoms with E-state index in [-0.39, 0.29) is 11.9 Å². The number of ether oxygens (including phenoxy) is 1. The van der Waals surface area contributed by atoms with E-state index in [1.165, 1.54) is 11.8 Å². The Bertz CT molecular complexity index is 647. The summed E-state index contributed by atoms with van der Waals surface area (Å²) in [5, 5.41) is 9.27. The molecule has 0 aliphatic heterocycles. The third kappa shape index (κ3) is 3.89. The molecule has 0 unspecified atom stereocenters. The molecule has 21 heavy (non-hydrogen) atoms. The number of amides is 1. The second-order valence-corrected chi connectivity index (χ2v) is 5.69. The lowest BCUT2D eigenvalue weighted by Crippen LogP contribution is -2.14. The number of nitrogens with zero attached hydrogens (tertiary/aromatic N) is 3. The monoisotopic (exact) mass is 326 g/mol. The maximum Gasteiger partial charge on any atom is 0.227 e. The van der Waals surface area contributed by atoms with E-state index in [1.807, 2.05) is 26.1 Å². The first-order valence-electron chi connectivity index (χ1n) is 6.20. The van der Waals surface area contributed by atoms with Crippen molar-refractivity contribution in [3.8, 4) is 5.75 Å². The lowest BCUT2D eigenvalue weighted by molar-refractivity contribution is -0.115. The Kier molecular flexibility index (Phi) is 5.08. The molecular formula is C13H15ClN4O2S. The van der Waals surface area contributed by atoms with Crippen molar-refractivity contribution in [1.29, 1.82) is 0 Å². The Morgan fingerprint density at radius 1 is 1.48 bits per heavy atom. The molecule has 2 aromatic rings. The van der Waals surface area contributed by atoms with Crippen LogP contribution in [-0.4, -0.2) is 26.4 Å². The van der Waals surface area contributed by atoms with Gasteiger partial charge >= 0.3 is 0 Å². The maximum absolute atomic E-state index is 10.8. The Labute approximate surface area is 131 Å². The summed E-state index contributed by atoms with van der Waals surface area (Å²) < 4.78 is 7.57. The van der Waals surface area contributed by atoms with Gasteiger partial charge in [-0.2, -0.15) is 0 Å². The van der Waals surface area contributed by atoms with Gasteiger partial charge in [0.2, 0.25) is 5.91 Å². The highest BCUT2D eigenvalue weighted by Gasteiger charge is 2.18. The normalized spacial score (nSPS) is 12.1. The van der Waals surface area contributed by atoms with Crippen molar-refractivity contribution in [1.82, 2.24) is 14.8 Å². The summed E-state index contributed by atoms with van der Waals surface area (Å²) in [6.07, 6.45) is -0.328. The largest absolute Gasteiger partial charge is 0.481 e. The van der Waals surface area contributed by atoms with Gasteiger partial charge in [0.1, 0.15) is 5.75 Å². The summed E-state index contributed by atoms with van der Waals surface area (Å²) in [6, 6.07) is 7.23. The summed E-state index contributed by atoms with van der Waals surface area (Å²) in [4.78, 5) is 10.8. The zero-order valence-corrected chi connectivity index (χ0v) is 13.2. The minimum absolute atomic E-state index is 0.158. The van der Waals surface area contributed by atoms with Crippen LogP contribution in [0, 0.1) is 0 Å². The van der Waals surface area contributed by atoms with E-state index in [1.54, 1.807) is 16.7 Å². The van der Waals surface area contributed by atoms with E-state index in [0.29, 0.717) is 21.8 Å². The fourth-order valence-electron chi connectivity index (χ4n) is 1.73. The topological polar surface area (TPSA) is 83.0 Å². The Balaban J connectivity index is 2.11. The second-order valence-electron chi connectivity index (χ2n) is 4.35. The molecule has 2 N–H and O–H groups in total. The molecule has 1 amide bonds. The Morgan fingerprint density at radius 3 is 2.86 bits per heavy atom. The lowest BCUT2D eigenvalue weighted by atomic mass is 10.3. The molecule has 1 heterocycles. The smallest absolute Gasteiger partial charge is 0.227 e. The Hall–Kier alpha value is -1.73. The molecule has 0 saturated heterocycles. The molecule has 0 saturated carbocycles. The van der Waals surface area contributed by atoms with Crippen LogP contribution in [0.3, 0.4) is 0 Å². The molecule has 0 fully saturated rings. The number of nitrogens with two attached hydrogens (primary N) is 1. The van der Waals surface area contributed by atoms with Gasteiger partial charge in [0.15, 0.2) is 17.1 Å². The van der Waals surface area contributed by atoms with Crippen molar-refractivity contribution in [2.45, 2.75) is 18.2 Å². The van der Waals surface area contributed by atoms with Crippen molar-refractivity contribution in [2.75, 3.05) is 5.75 Å². The van der Waals surface area contributed by atoms with Crippen LogP contribution in [0.4, 0.5) is 0 Å². The van der Waals surface area contributed by atoms with Crippen molar-refractivity contribution in [2.24, 2.45) is 12.8 Å². The van der Waals surface area contributed by atoms with E-state index in [4.69, 9.17) is 22.1 Å². The number of hydrogen-bond acceptors (Lipinski definition) is 5. The minimum Gasteiger partial charge on any atom is -0.481 e. The van der Waals surface area contributed by atoms with Gasteiger partial charge in [0, 0.05) is 7.05 Å². The van der Waals surface area contributed by atoms with Crippen molar-refractivity contribution < 1.29 is 9.53 Å². The first kappa shape index (κ1) is 15.7. The zero-order valence-electron chi connectivity index (χ0n) is 11.6. The molecule has 0 aliphatic carbocycles. The molecular weight excluding hydrogens is 312 g/mol. The second kappa shape index (κ2) is 6.82. The van der Waals surface area contributed by atoms with E-state index < -0.39 is 5.91 Å². The number of rotatable bonds is 6. The van der Waals surface area contributed by atoms with Crippen LogP contribution >= 0.6 is 23.4 Å². The molecule has 1 aromatic heterocycles. The van der Waals surface area contributed by atoms with E-state index in [2.05, 4.69) is 10.2 Å². The number of hydrogen-bond donors (Lipinski definition) is 1. The van der Waals surface area contributed by atoms with E-state index in [9.17, 15) is 4.79 Å². The molecule has 0 radical (unpaired) electrons. The number of carbonyl (C=O) groups excluding carboxylic acids is 1. The highest BCUT2D eigenvalue weighted by molar-refractivity contribution is 7.99. The maximum atomic E-state index is 10.8. The molecule has 1 atom stereocenters. The molecule has 8 heteroatoms. The summed E-state index contributed by atoms with van der Waals surface area (Å²) in [6.45, 7) is 1.86. The highest BCUT2D eigenvalue weighted by Crippen LogP contribution is 2.28. The van der Waals surface area contributed by atoms with Gasteiger partial charge in [-0.25, -0.2) is 0 Å². The van der Waals surface area contributed by atoms with Gasteiger partial charge in [0.05, 0.1) is 10.8 Å². The molecule has 0 spiro atoms. The predicted molar refractivity (Wildman–Crippen MR) is 81.4 cm³/mol. The fourth-order valence-corrected chi connectivity index (χ4v) is 2.56. The summed E-state index contributed by atoms with van der Waals surface area (Å²) in [7, 11) is 1.81. The standard InChI is InChI=1S/C13H15ClN4O2S/c1-8(20-10-6-4-3-5-9(10)14)12-16-17-13(18(12)2)21-7-11(15)19/h3-6,8H,7H2,1-2H3,(H2,15,19)/t8-/m0/s1. The lowest BCUT2D eigenvalue weighted by Gasteiger charge is -2.15. The number of primary amides is 1. The third-order valence-corrected chi connectivity index (χ3v) is 4.07. The third-order valence-electron chi connectivity index (χ3n) is 2.72. The van der Waals surface area contributed by atoms with E-state index >= 15 is 0 Å². The van der Waals surface area contributed by atoms with E-state index in [0.717, 1.165) is 0 Å². The molecule has 2 rings (SSSR count). The van der Waals surface area contributed by atoms with Gasteiger partial charge < -0.3 is 15.0 Å². The van der Waals surface area contributed by atoms with Crippen molar-refractivity contribution >= 4 is 29.3 Å². The first-order chi connectivity index (χ1) is 9.99. The van der Waals surface area contributed by atoms with Crippen LogP contribution < -0.4 is 10.5 Å². The van der Waals surface area contributed by atoms with Crippen molar-refractivity contribution in [3.63, 3.8) is 0 Å². The van der Waals surface area contributed by atoms with Gasteiger partial charge in [-0.1, -0.05) is 35.5 Å². The molecule has 0 aliphatic rings. The predicted octanol–water partition coefficient (Wildman–Crippen LogP) is 2.19. The van der Waals surface area contributed by atoms with Gasteiger partial charge in [0.25, 0.3) is 0 Å². The average molecular weight is 327 g/mol. The summed E-state index contributed by atoms with van der Waals surface area (Å²) in [5.74, 6) is 0.985. The zero-order chi connectivity index (χ0) is 15.4. The quantitative estimate of drug-likeness (QED) is 0.823. The number of thioether (sulfide) groups is 1. The Morgan fingerprint density at radius 2 is 2.19 bits per heavy atom. The summed E-state index contributed by atoms with van der Waals surface area (Å²) in [5.41, 5.74) is 5.12. The van der Waals surface area contributed by atoms with Crippen molar-refractivity contribution in [3.05, 3.63) is 35.1 Å². The SMILES string of the molecule is C[C@H](Oc1ccccc1Cl)c1nnc(SCC(N)=O)n1C. The van der Waals surface area contributed by atoms with Crippen LogP contribution in [0.25, 0.3) is 0 Å². The van der Waals surface area contributed by atoms with Crippen LogP contribution in [0.2, 0.25) is 5.02 Å². The van der Waals surface area contributed by atoms with Gasteiger partial charge in [-0.3, -0.25) is 4.79 Å². The number of halogens is 1. The minimum atomic E-state index is -0.398. The number of carbonyl (C=O) groups is 1. The number of benzene rings is 1. The molecule has 1 aromatic carbocycles. The number of para-hydroxylation sites is 1. The number of aromatic nitrogens is 3. The molecule has 0 bridgehead atoms. The van der Waals surface area contributed by atoms with Crippen LogP contribution in [-0.2, 0) is 11.8 Å². The van der Waals surface area contributed by atoms with Crippen LogP contribution in [0.5, 0.6) is 5.75 Å². The average Bonchev–Trinajstić information content (AvgIpc) is 2.80. The van der Waals surface area contributed by atoms with Crippen LogP contribution in [0.1, 0.15) is 18.9 Å². The fraction of sp³-hybridized carbons (Fsp3) is 0.308. The molecule has 112 valence electrons. The van der Waals surface area contributed by atoms with Gasteiger partial charge in [-0.05, 0) is 19.1 Å².